The molecule has 0 spiro atoms. The average Bonchev–Trinajstić information content (AvgIpc) is 3.11. The highest BCUT2D eigenvalue weighted by Crippen LogP contribution is 2.43. The number of hydrogen-bond acceptors (Lipinski definition) is 11. The molecule has 0 amide bonds. The van der Waals surface area contributed by atoms with Crippen molar-refractivity contribution in [2.24, 2.45) is 0 Å². The molecule has 298 valence electrons. The number of unbranched alkanes of at least 4 members (excludes halogenated alkanes) is 2. The number of hydroxylamine groups is 4. The molecule has 1 unspecified atom stereocenters. The van der Waals surface area contributed by atoms with Crippen molar-refractivity contribution in [1.82, 2.24) is 25.1 Å². The molecule has 1 aromatic heterocycles. The van der Waals surface area contributed by atoms with Gasteiger partial charge in [-0.05, 0) is 106 Å². The van der Waals surface area contributed by atoms with Crippen LogP contribution in [-0.2, 0) is 9.68 Å². The molecule has 2 saturated carbocycles. The van der Waals surface area contributed by atoms with E-state index in [1.54, 1.807) is 0 Å². The van der Waals surface area contributed by atoms with E-state index in [9.17, 15) is 5.11 Å². The number of rotatable bonds is 17. The Hall–Kier alpha value is -1.79. The lowest BCUT2D eigenvalue weighted by molar-refractivity contribution is -0.310. The van der Waals surface area contributed by atoms with Crippen LogP contribution in [0.5, 0.6) is 0 Å². The number of aliphatic hydroxyl groups is 1. The minimum absolute atomic E-state index is 0.0188. The maximum atomic E-state index is 9.79. The van der Waals surface area contributed by atoms with Crippen LogP contribution in [0.2, 0.25) is 0 Å². The highest BCUT2D eigenvalue weighted by atomic mass is 16.7. The monoisotopic (exact) mass is 729 g/mol. The first-order valence-corrected chi connectivity index (χ1v) is 21.4. The van der Waals surface area contributed by atoms with Gasteiger partial charge in [0.25, 0.3) is 0 Å². The molecule has 5 rings (SSSR count). The molecular weight excluding hydrogens is 653 g/mol. The number of nitrogens with one attached hydrogen (secondary N) is 1. The zero-order chi connectivity index (χ0) is 37.4. The fourth-order valence-corrected chi connectivity index (χ4v) is 9.60. The summed E-state index contributed by atoms with van der Waals surface area (Å²) in [4.78, 5) is 34.1. The quantitative estimate of drug-likeness (QED) is 0.162. The molecular formula is C41H76N8O3. The number of piperidine rings is 2. The van der Waals surface area contributed by atoms with Crippen LogP contribution in [0.15, 0.2) is 0 Å². The molecule has 3 heterocycles. The Morgan fingerprint density at radius 1 is 0.673 bits per heavy atom. The summed E-state index contributed by atoms with van der Waals surface area (Å²) in [6, 6.07) is 0.530. The molecule has 52 heavy (non-hydrogen) atoms. The van der Waals surface area contributed by atoms with Gasteiger partial charge < -0.3 is 20.2 Å². The van der Waals surface area contributed by atoms with Gasteiger partial charge in [0.1, 0.15) is 0 Å². The van der Waals surface area contributed by atoms with Crippen molar-refractivity contribution >= 4 is 17.8 Å². The third kappa shape index (κ3) is 10.7. The standard InChI is InChI=1S/C41H76N8O3/c1-9-11-25-46(32-23-27-48(39(3,4)29-32)51-34-19-15-13-16-20-34)37-43-36(42-24-28-50)44-38(45-37)47(26-12-10-2)33-30-40(5,6)49(41(7,8)31-33)52-35-21-17-14-18-22-35/h32-35,50H,9-31H2,1-8H3,(H,42,43,44,45). The van der Waals surface area contributed by atoms with Gasteiger partial charge in [0.15, 0.2) is 0 Å². The van der Waals surface area contributed by atoms with Crippen LogP contribution in [0.3, 0.4) is 0 Å². The topological polar surface area (TPSA) is 102 Å². The first-order chi connectivity index (χ1) is 24.9. The van der Waals surface area contributed by atoms with Crippen molar-refractivity contribution in [2.45, 2.75) is 212 Å². The largest absolute Gasteiger partial charge is 0.395 e. The van der Waals surface area contributed by atoms with E-state index in [1.807, 2.05) is 0 Å². The van der Waals surface area contributed by atoms with Gasteiger partial charge in [-0.15, -0.1) is 0 Å². The van der Waals surface area contributed by atoms with Crippen molar-refractivity contribution in [1.29, 1.82) is 0 Å². The number of anilines is 3. The predicted octanol–water partition coefficient (Wildman–Crippen LogP) is 8.28. The molecule has 11 heteroatoms. The molecule has 4 aliphatic rings. The second-order valence-corrected chi connectivity index (χ2v) is 18.3. The fraction of sp³-hybridized carbons (Fsp3) is 0.927. The summed E-state index contributed by atoms with van der Waals surface area (Å²) in [5, 5.41) is 17.8. The maximum Gasteiger partial charge on any atom is 0.232 e. The number of aromatic nitrogens is 3. The Bertz CT molecular complexity index is 1200. The zero-order valence-corrected chi connectivity index (χ0v) is 34.5. The molecule has 1 atom stereocenters. The van der Waals surface area contributed by atoms with Gasteiger partial charge in [-0.1, -0.05) is 65.2 Å². The molecule has 0 radical (unpaired) electrons. The van der Waals surface area contributed by atoms with E-state index in [2.05, 4.69) is 80.6 Å². The first kappa shape index (κ1) is 41.4. The molecule has 0 aromatic carbocycles. The molecule has 2 aliphatic carbocycles. The van der Waals surface area contributed by atoms with E-state index in [0.717, 1.165) is 95.7 Å². The summed E-state index contributed by atoms with van der Waals surface area (Å²) in [6.45, 7) is 21.7. The third-order valence-corrected chi connectivity index (χ3v) is 12.2. The Balaban J connectivity index is 1.43. The van der Waals surface area contributed by atoms with Crippen molar-refractivity contribution < 1.29 is 14.8 Å². The SMILES string of the molecule is CCCCN(c1nc(NCCO)nc(N(CCCC)C2CC(C)(C)N(OC3CCCCC3)C(C)(C)C2)n1)C1CCN(OC2CCCCC2)C(C)(C)C1. The van der Waals surface area contributed by atoms with Crippen LogP contribution in [-0.4, -0.2) is 104 Å². The second-order valence-electron chi connectivity index (χ2n) is 18.3. The van der Waals surface area contributed by atoms with Crippen molar-refractivity contribution in [3.05, 3.63) is 0 Å². The predicted molar refractivity (Wildman–Crippen MR) is 213 cm³/mol. The molecule has 2 saturated heterocycles. The van der Waals surface area contributed by atoms with Crippen LogP contribution in [0.25, 0.3) is 0 Å². The van der Waals surface area contributed by atoms with Crippen molar-refractivity contribution in [3.63, 3.8) is 0 Å². The minimum Gasteiger partial charge on any atom is -0.395 e. The van der Waals surface area contributed by atoms with Gasteiger partial charge >= 0.3 is 0 Å². The number of hydrogen-bond donors (Lipinski definition) is 2. The normalized spacial score (nSPS) is 24.9. The summed E-state index contributed by atoms with van der Waals surface area (Å²) >= 11 is 0. The van der Waals surface area contributed by atoms with Crippen LogP contribution in [0.1, 0.15) is 171 Å². The molecule has 1 aromatic rings. The first-order valence-electron chi connectivity index (χ1n) is 21.4. The van der Waals surface area contributed by atoms with Gasteiger partial charge in [0.05, 0.1) is 18.8 Å². The van der Waals surface area contributed by atoms with Gasteiger partial charge in [-0.3, -0.25) is 9.68 Å². The maximum absolute atomic E-state index is 9.79. The van der Waals surface area contributed by atoms with Crippen LogP contribution in [0.4, 0.5) is 17.8 Å². The second kappa shape index (κ2) is 18.7. The summed E-state index contributed by atoms with van der Waals surface area (Å²) < 4.78 is 0. The highest BCUT2D eigenvalue weighted by molar-refractivity contribution is 5.47. The fourth-order valence-electron chi connectivity index (χ4n) is 9.60. The molecule has 2 aliphatic heterocycles. The van der Waals surface area contributed by atoms with Gasteiger partial charge in [0, 0.05) is 54.9 Å². The minimum atomic E-state index is -0.158. The van der Waals surface area contributed by atoms with Crippen molar-refractivity contribution in [2.75, 3.05) is 47.9 Å². The van der Waals surface area contributed by atoms with Crippen LogP contribution in [0, 0.1) is 0 Å². The Kier molecular flexibility index (Phi) is 14.9. The molecule has 4 fully saturated rings. The van der Waals surface area contributed by atoms with Crippen LogP contribution >= 0.6 is 0 Å². The number of nitrogens with zero attached hydrogens (tertiary/aromatic N) is 7. The molecule has 0 bridgehead atoms. The molecule has 2 N–H and O–H groups in total. The summed E-state index contributed by atoms with van der Waals surface area (Å²) in [5.41, 5.74) is -0.417. The number of aliphatic hydroxyl groups excluding tert-OH is 1. The summed E-state index contributed by atoms with van der Waals surface area (Å²) in [7, 11) is 0. The summed E-state index contributed by atoms with van der Waals surface area (Å²) in [6.07, 6.45) is 21.3. The lowest BCUT2D eigenvalue weighted by Crippen LogP contribution is -2.65. The van der Waals surface area contributed by atoms with E-state index in [-0.39, 0.29) is 35.3 Å². The lowest BCUT2D eigenvalue weighted by atomic mass is 9.78. The van der Waals surface area contributed by atoms with E-state index in [0.29, 0.717) is 24.7 Å². The Morgan fingerprint density at radius 2 is 1.17 bits per heavy atom. The van der Waals surface area contributed by atoms with Gasteiger partial charge in [0.2, 0.25) is 17.8 Å². The highest BCUT2D eigenvalue weighted by Gasteiger charge is 2.49. The Morgan fingerprint density at radius 3 is 1.67 bits per heavy atom. The third-order valence-electron chi connectivity index (χ3n) is 12.2. The van der Waals surface area contributed by atoms with Gasteiger partial charge in [-0.25, -0.2) is 0 Å². The van der Waals surface area contributed by atoms with E-state index in [1.165, 1.54) is 51.4 Å². The van der Waals surface area contributed by atoms with Crippen molar-refractivity contribution in [3.8, 4) is 0 Å². The summed E-state index contributed by atoms with van der Waals surface area (Å²) in [5.74, 6) is 2.04. The van der Waals surface area contributed by atoms with E-state index < -0.39 is 0 Å². The molecule has 11 nitrogen and oxygen atoms in total. The van der Waals surface area contributed by atoms with E-state index >= 15 is 0 Å². The Labute approximate surface area is 316 Å². The van der Waals surface area contributed by atoms with Crippen LogP contribution < -0.4 is 15.1 Å². The average molecular weight is 729 g/mol. The lowest BCUT2D eigenvalue weighted by Gasteiger charge is -2.56. The van der Waals surface area contributed by atoms with Gasteiger partial charge in [-0.2, -0.15) is 25.1 Å². The van der Waals surface area contributed by atoms with E-state index in [4.69, 9.17) is 24.6 Å². The zero-order valence-electron chi connectivity index (χ0n) is 34.5. The smallest absolute Gasteiger partial charge is 0.232 e.